The van der Waals surface area contributed by atoms with Gasteiger partial charge in [0.25, 0.3) is 0 Å². The molecule has 1 aliphatic heterocycles. The van der Waals surface area contributed by atoms with Gasteiger partial charge in [0.2, 0.25) is 11.9 Å². The van der Waals surface area contributed by atoms with Crippen LogP contribution in [0.1, 0.15) is 29.6 Å². The zero-order valence-electron chi connectivity index (χ0n) is 13.7. The Morgan fingerprint density at radius 3 is 2.72 bits per heavy atom. The van der Waals surface area contributed by atoms with Crippen molar-refractivity contribution in [3.63, 3.8) is 0 Å². The number of fused-ring (bicyclic) bond motifs is 1. The molecule has 2 atom stereocenters. The molecule has 0 radical (unpaired) electrons. The van der Waals surface area contributed by atoms with Crippen molar-refractivity contribution in [3.05, 3.63) is 64.7 Å². The van der Waals surface area contributed by atoms with E-state index in [-0.39, 0.29) is 18.0 Å². The van der Waals surface area contributed by atoms with Gasteiger partial charge in [-0.25, -0.2) is 4.68 Å². The summed E-state index contributed by atoms with van der Waals surface area (Å²) in [7, 11) is 1.66. The molecule has 0 aliphatic carbocycles. The van der Waals surface area contributed by atoms with Crippen LogP contribution in [-0.4, -0.2) is 21.9 Å². The summed E-state index contributed by atoms with van der Waals surface area (Å²) in [5.74, 6) is 1.75. The van der Waals surface area contributed by atoms with E-state index >= 15 is 0 Å². The van der Waals surface area contributed by atoms with Crippen molar-refractivity contribution in [2.45, 2.75) is 18.5 Å². The molecular formula is C18H18ClN5O. The number of nitrogens with two attached hydrogens (primary N) is 1. The number of nitrogens with zero attached hydrogens (tertiary/aromatic N) is 3. The van der Waals surface area contributed by atoms with E-state index < -0.39 is 0 Å². The lowest BCUT2D eigenvalue weighted by molar-refractivity contribution is 0.413. The molecule has 4 rings (SSSR count). The lowest BCUT2D eigenvalue weighted by Crippen LogP contribution is -2.28. The van der Waals surface area contributed by atoms with Crippen LogP contribution >= 0.6 is 11.6 Å². The van der Waals surface area contributed by atoms with Crippen LogP contribution in [0.25, 0.3) is 0 Å². The molecule has 2 aromatic carbocycles. The maximum Gasteiger partial charge on any atom is 0.241 e. The second kappa shape index (κ2) is 6.29. The molecule has 0 amide bonds. The van der Waals surface area contributed by atoms with Crippen LogP contribution in [0.5, 0.6) is 5.75 Å². The standard InChI is InChI=1S/C18H18ClN5O/c1-25-14-7-5-11(6-8-14)15-10-16(12-3-2-4-13(19)9-12)24-18(21-15)22-17(20)23-24/h2-9,15-16H,10H2,1H3,(H3,20,21,22,23)/t15-,16-/m0/s1. The molecule has 3 N–H and O–H groups in total. The first kappa shape index (κ1) is 15.8. The number of rotatable bonds is 3. The smallest absolute Gasteiger partial charge is 0.241 e. The van der Waals surface area contributed by atoms with Gasteiger partial charge in [0, 0.05) is 5.02 Å². The maximum absolute atomic E-state index is 6.18. The zero-order chi connectivity index (χ0) is 17.4. The summed E-state index contributed by atoms with van der Waals surface area (Å²) in [5, 5.41) is 8.47. The van der Waals surface area contributed by atoms with Crippen LogP contribution in [-0.2, 0) is 0 Å². The predicted octanol–water partition coefficient (Wildman–Crippen LogP) is 3.67. The highest BCUT2D eigenvalue weighted by atomic mass is 35.5. The molecule has 0 bridgehead atoms. The number of halogens is 1. The molecule has 6 nitrogen and oxygen atoms in total. The van der Waals surface area contributed by atoms with Gasteiger partial charge in [0.05, 0.1) is 19.2 Å². The second-order valence-corrected chi connectivity index (χ2v) is 6.45. The summed E-state index contributed by atoms with van der Waals surface area (Å²) in [6.45, 7) is 0. The molecule has 7 heteroatoms. The monoisotopic (exact) mass is 355 g/mol. The maximum atomic E-state index is 6.18. The number of hydrogen-bond acceptors (Lipinski definition) is 5. The van der Waals surface area contributed by atoms with Gasteiger partial charge in [-0.2, -0.15) is 4.98 Å². The number of aromatic nitrogens is 3. The van der Waals surface area contributed by atoms with E-state index in [0.717, 1.165) is 23.3 Å². The van der Waals surface area contributed by atoms with E-state index in [0.29, 0.717) is 11.0 Å². The first-order valence-corrected chi connectivity index (χ1v) is 8.40. The third kappa shape index (κ3) is 3.00. The number of anilines is 2. The average molecular weight is 356 g/mol. The largest absolute Gasteiger partial charge is 0.497 e. The summed E-state index contributed by atoms with van der Waals surface area (Å²) < 4.78 is 7.08. The summed E-state index contributed by atoms with van der Waals surface area (Å²) >= 11 is 6.18. The first-order valence-electron chi connectivity index (χ1n) is 8.02. The molecule has 0 saturated carbocycles. The summed E-state index contributed by atoms with van der Waals surface area (Å²) in [6, 6.07) is 15.9. The fourth-order valence-corrected chi connectivity index (χ4v) is 3.44. The van der Waals surface area contributed by atoms with Crippen molar-refractivity contribution in [1.82, 2.24) is 14.8 Å². The highest BCUT2D eigenvalue weighted by Crippen LogP contribution is 2.38. The van der Waals surface area contributed by atoms with Crippen molar-refractivity contribution < 1.29 is 4.74 Å². The van der Waals surface area contributed by atoms with Crippen molar-refractivity contribution in [2.24, 2.45) is 0 Å². The van der Waals surface area contributed by atoms with Gasteiger partial charge in [-0.15, -0.1) is 5.10 Å². The number of nitrogens with one attached hydrogen (secondary N) is 1. The van der Waals surface area contributed by atoms with Gasteiger partial charge in [-0.1, -0.05) is 35.9 Å². The SMILES string of the molecule is COc1ccc([C@@H]2C[C@@H](c3cccc(Cl)c3)n3nc(N)nc3N2)cc1. The molecule has 128 valence electrons. The molecule has 2 heterocycles. The van der Waals surface area contributed by atoms with Crippen molar-refractivity contribution in [1.29, 1.82) is 0 Å². The minimum absolute atomic E-state index is 0.00634. The fourth-order valence-electron chi connectivity index (χ4n) is 3.24. The molecule has 25 heavy (non-hydrogen) atoms. The van der Waals surface area contributed by atoms with Crippen molar-refractivity contribution >= 4 is 23.5 Å². The summed E-state index contributed by atoms with van der Waals surface area (Å²) in [5.41, 5.74) is 8.06. The van der Waals surface area contributed by atoms with Gasteiger partial charge >= 0.3 is 0 Å². The van der Waals surface area contributed by atoms with Crippen LogP contribution in [0, 0.1) is 0 Å². The molecule has 0 spiro atoms. The molecule has 1 aliphatic rings. The van der Waals surface area contributed by atoms with Crippen LogP contribution in [0.15, 0.2) is 48.5 Å². The van der Waals surface area contributed by atoms with Crippen molar-refractivity contribution in [3.8, 4) is 5.75 Å². The Morgan fingerprint density at radius 1 is 1.20 bits per heavy atom. The highest BCUT2D eigenvalue weighted by Gasteiger charge is 2.30. The third-order valence-corrected chi connectivity index (χ3v) is 4.69. The number of hydrogen-bond donors (Lipinski definition) is 2. The Morgan fingerprint density at radius 2 is 2.00 bits per heavy atom. The number of methoxy groups -OCH3 is 1. The Labute approximate surface area is 150 Å². The highest BCUT2D eigenvalue weighted by molar-refractivity contribution is 6.30. The normalized spacial score (nSPS) is 19.1. The van der Waals surface area contributed by atoms with Gasteiger partial charge in [0.15, 0.2) is 0 Å². The Hall–Kier alpha value is -2.73. The number of ether oxygens (including phenoxy) is 1. The van der Waals surface area contributed by atoms with E-state index in [9.17, 15) is 0 Å². The lowest BCUT2D eigenvalue weighted by Gasteiger charge is -2.31. The number of benzene rings is 2. The van der Waals surface area contributed by atoms with E-state index in [4.69, 9.17) is 22.1 Å². The fraction of sp³-hybridized carbons (Fsp3) is 0.222. The Kier molecular flexibility index (Phi) is 3.97. The quantitative estimate of drug-likeness (QED) is 0.749. The third-order valence-electron chi connectivity index (χ3n) is 4.46. The van der Waals surface area contributed by atoms with E-state index in [1.54, 1.807) is 7.11 Å². The van der Waals surface area contributed by atoms with Crippen molar-refractivity contribution in [2.75, 3.05) is 18.2 Å². The molecule has 1 aromatic heterocycles. The topological polar surface area (TPSA) is 78.0 Å². The molecule has 0 fully saturated rings. The molecule has 3 aromatic rings. The van der Waals surface area contributed by atoms with Crippen LogP contribution < -0.4 is 15.8 Å². The van der Waals surface area contributed by atoms with Crippen LogP contribution in [0.3, 0.4) is 0 Å². The Bertz CT molecular complexity index is 893. The summed E-state index contributed by atoms with van der Waals surface area (Å²) in [6.07, 6.45) is 0.808. The first-order chi connectivity index (χ1) is 12.1. The second-order valence-electron chi connectivity index (χ2n) is 6.01. The van der Waals surface area contributed by atoms with Gasteiger partial charge in [-0.3, -0.25) is 0 Å². The van der Waals surface area contributed by atoms with E-state index in [1.165, 1.54) is 0 Å². The molecular weight excluding hydrogens is 338 g/mol. The average Bonchev–Trinajstić information content (AvgIpc) is 3.01. The van der Waals surface area contributed by atoms with Gasteiger partial charge in [-0.05, 0) is 41.8 Å². The lowest BCUT2D eigenvalue weighted by atomic mass is 9.93. The van der Waals surface area contributed by atoms with Crippen LogP contribution in [0.4, 0.5) is 11.9 Å². The van der Waals surface area contributed by atoms with Gasteiger partial charge in [0.1, 0.15) is 5.75 Å². The van der Waals surface area contributed by atoms with Gasteiger partial charge < -0.3 is 15.8 Å². The molecule has 0 saturated heterocycles. The van der Waals surface area contributed by atoms with E-state index in [2.05, 4.69) is 33.6 Å². The minimum atomic E-state index is 0.00634. The van der Waals surface area contributed by atoms with E-state index in [1.807, 2.05) is 35.0 Å². The Balaban J connectivity index is 1.73. The predicted molar refractivity (Wildman–Crippen MR) is 98.0 cm³/mol. The molecule has 0 unspecified atom stereocenters. The van der Waals surface area contributed by atoms with Crippen LogP contribution in [0.2, 0.25) is 5.02 Å². The summed E-state index contributed by atoms with van der Waals surface area (Å²) in [4.78, 5) is 4.32. The zero-order valence-corrected chi connectivity index (χ0v) is 14.4. The minimum Gasteiger partial charge on any atom is -0.497 e. The number of nitrogen functional groups attached to an aromatic ring is 1.